The molecule has 1 aromatic heterocycles. The molecule has 0 radical (unpaired) electrons. The molecule has 2 fully saturated rings. The molecule has 4 atom stereocenters. The Morgan fingerprint density at radius 2 is 2.06 bits per heavy atom. The molecule has 0 spiro atoms. The Labute approximate surface area is 184 Å². The maximum Gasteiger partial charge on any atom is 0.238 e. The molecule has 3 rings (SSSR count). The fraction of sp³-hybridized carbons (Fsp3) is 0.647. The number of aliphatic carboxylic acids is 2. The number of β-lactam (4-membered cyclic amide) rings is 1. The highest BCUT2D eigenvalue weighted by molar-refractivity contribution is 7.93. The Morgan fingerprint density at radius 3 is 2.53 bits per heavy atom. The number of nitrogens with zero attached hydrogens (tertiary/aromatic N) is 4. The molecule has 1 amide bonds. The molecule has 1 aromatic rings. The highest BCUT2D eigenvalue weighted by atomic mass is 32.2. The molecule has 178 valence electrons. The number of sulfone groups is 1. The van der Waals surface area contributed by atoms with Gasteiger partial charge in [-0.3, -0.25) is 20.6 Å². The molecule has 0 aromatic carbocycles. The van der Waals surface area contributed by atoms with Gasteiger partial charge in [0.05, 0.1) is 37.1 Å². The number of aromatic nitrogens is 3. The lowest BCUT2D eigenvalue weighted by molar-refractivity contribution is -0.438. The monoisotopic (exact) mass is 473 g/mol. The van der Waals surface area contributed by atoms with Crippen molar-refractivity contribution in [3.63, 3.8) is 0 Å². The molecule has 0 aliphatic carbocycles. The van der Waals surface area contributed by atoms with Crippen LogP contribution in [0.2, 0.25) is 0 Å². The van der Waals surface area contributed by atoms with Gasteiger partial charge in [-0.25, -0.2) is 8.42 Å². The van der Waals surface area contributed by atoms with E-state index >= 15 is 0 Å². The first-order valence-electron chi connectivity index (χ1n) is 9.83. The summed E-state index contributed by atoms with van der Waals surface area (Å²) in [5.41, 5.74) is 8.64. The predicted octanol–water partition coefficient (Wildman–Crippen LogP) is -6.83. The summed E-state index contributed by atoms with van der Waals surface area (Å²) in [7, 11) is -3.84. The van der Waals surface area contributed by atoms with Gasteiger partial charge in [0, 0.05) is 19.0 Å². The average molecular weight is 474 g/mol. The summed E-state index contributed by atoms with van der Waals surface area (Å²) < 4.78 is 24.6. The first kappa shape index (κ1) is 25.2. The molecule has 2 unspecified atom stereocenters. The Bertz CT molecular complexity index is 981. The average Bonchev–Trinajstić information content (AvgIpc) is 3.23. The van der Waals surface area contributed by atoms with Crippen molar-refractivity contribution in [3.05, 3.63) is 12.4 Å². The van der Waals surface area contributed by atoms with E-state index in [1.54, 1.807) is 0 Å². The number of amides is 1. The van der Waals surface area contributed by atoms with E-state index in [2.05, 4.69) is 16.0 Å². The van der Waals surface area contributed by atoms with Crippen LogP contribution in [0, 0.1) is 0 Å². The molecular formula is C17H27N7O7S. The third-order valence-corrected chi connectivity index (χ3v) is 8.35. The van der Waals surface area contributed by atoms with Crippen LogP contribution in [0.1, 0.15) is 39.0 Å². The van der Waals surface area contributed by atoms with E-state index in [1.807, 2.05) is 0 Å². The Kier molecular flexibility index (Phi) is 7.56. The predicted molar refractivity (Wildman–Crippen MR) is 103 cm³/mol. The van der Waals surface area contributed by atoms with E-state index in [9.17, 15) is 33.0 Å². The highest BCUT2D eigenvalue weighted by Crippen LogP contribution is 2.46. The van der Waals surface area contributed by atoms with Gasteiger partial charge in [-0.1, -0.05) is 5.21 Å². The number of carboxylic acids is 2. The minimum atomic E-state index is -3.84. The summed E-state index contributed by atoms with van der Waals surface area (Å²) in [4.78, 5) is 34.0. The zero-order chi connectivity index (χ0) is 24.3. The molecule has 15 heteroatoms. The van der Waals surface area contributed by atoms with Gasteiger partial charge < -0.3 is 30.4 Å². The molecule has 2 aliphatic rings. The van der Waals surface area contributed by atoms with E-state index in [-0.39, 0.29) is 13.0 Å². The number of amidine groups is 1. The van der Waals surface area contributed by atoms with Crippen LogP contribution < -0.4 is 27.1 Å². The lowest BCUT2D eigenvalue weighted by Crippen LogP contribution is -2.68. The number of fused-ring (bicyclic) bond motifs is 1. The molecule has 2 aliphatic heterocycles. The minimum absolute atomic E-state index is 0.181. The molecular weight excluding hydrogens is 446 g/mol. The number of carboxylic acid groups (broad SMARTS) is 2. The van der Waals surface area contributed by atoms with Crippen LogP contribution in [0.4, 0.5) is 0 Å². The molecule has 3 heterocycles. The zero-order valence-electron chi connectivity index (χ0n) is 17.5. The van der Waals surface area contributed by atoms with Crippen LogP contribution in [0.3, 0.4) is 0 Å². The number of carbonyl (C=O) groups excluding carboxylic acids is 3. The van der Waals surface area contributed by atoms with Crippen LogP contribution in [0.15, 0.2) is 12.4 Å². The molecule has 7 N–H and O–H groups in total. The van der Waals surface area contributed by atoms with Crippen LogP contribution in [0.25, 0.3) is 0 Å². The van der Waals surface area contributed by atoms with Gasteiger partial charge >= 0.3 is 0 Å². The van der Waals surface area contributed by atoms with E-state index in [4.69, 9.17) is 11.1 Å². The lowest BCUT2D eigenvalue weighted by Gasteiger charge is -2.38. The topological polar surface area (TPSA) is 245 Å². The summed E-state index contributed by atoms with van der Waals surface area (Å²) in [5, 5.41) is 32.9. The van der Waals surface area contributed by atoms with Gasteiger partial charge in [0.25, 0.3) is 0 Å². The van der Waals surface area contributed by atoms with Crippen molar-refractivity contribution in [2.45, 2.75) is 67.8 Å². The first-order valence-corrected chi connectivity index (χ1v) is 11.4. The van der Waals surface area contributed by atoms with Crippen LogP contribution in [0.5, 0.6) is 0 Å². The van der Waals surface area contributed by atoms with E-state index in [0.29, 0.717) is 18.7 Å². The van der Waals surface area contributed by atoms with Gasteiger partial charge in [-0.2, -0.15) is 0 Å². The quantitative estimate of drug-likeness (QED) is 0.132. The fourth-order valence-electron chi connectivity index (χ4n) is 3.75. The van der Waals surface area contributed by atoms with Gasteiger partial charge in [-0.05, 0) is 19.8 Å². The number of hydrogen-bond donors (Lipinski definition) is 3. The smallest absolute Gasteiger partial charge is 0.238 e. The first-order chi connectivity index (χ1) is 14.8. The number of unbranched alkanes of at least 4 members (excludes halogenated alkanes) is 1. The van der Waals surface area contributed by atoms with Crippen molar-refractivity contribution in [3.8, 4) is 0 Å². The summed E-state index contributed by atoms with van der Waals surface area (Å²) in [6.45, 7) is 1.10. The largest absolute Gasteiger partial charge is 0.548 e. The second kappa shape index (κ2) is 9.60. The van der Waals surface area contributed by atoms with Crippen LogP contribution >= 0.6 is 0 Å². The van der Waals surface area contributed by atoms with Crippen molar-refractivity contribution >= 4 is 33.5 Å². The number of quaternary nitrogens is 1. The second-order valence-corrected chi connectivity index (χ2v) is 10.5. The Hall–Kier alpha value is -3.07. The number of hydrogen-bond acceptors (Lipinski definition) is 9. The van der Waals surface area contributed by atoms with Crippen molar-refractivity contribution < 1.29 is 44.2 Å². The summed E-state index contributed by atoms with van der Waals surface area (Å²) in [6, 6.07) is -2.13. The normalized spacial score (nSPS) is 26.3. The van der Waals surface area contributed by atoms with Gasteiger partial charge in [0.2, 0.25) is 11.7 Å². The van der Waals surface area contributed by atoms with E-state index in [0.717, 1.165) is 17.7 Å². The molecule has 0 saturated carbocycles. The third-order valence-electron chi connectivity index (χ3n) is 5.58. The second-order valence-electron chi connectivity index (χ2n) is 7.98. The molecule has 14 nitrogen and oxygen atoms in total. The van der Waals surface area contributed by atoms with Crippen molar-refractivity contribution in [2.75, 3.05) is 0 Å². The molecule has 2 saturated heterocycles. The van der Waals surface area contributed by atoms with Crippen molar-refractivity contribution in [1.82, 2.24) is 19.9 Å². The number of nitrogens with two attached hydrogens (primary N) is 2. The van der Waals surface area contributed by atoms with Crippen molar-refractivity contribution in [1.29, 1.82) is 0 Å². The molecule has 32 heavy (non-hydrogen) atoms. The Morgan fingerprint density at radius 1 is 1.41 bits per heavy atom. The van der Waals surface area contributed by atoms with Crippen LogP contribution in [-0.2, 0) is 30.8 Å². The maximum absolute atomic E-state index is 12.5. The Balaban J connectivity index is 0.000000262. The standard InChI is InChI=1S/C10H12N4O5S.C7H15N3O2/c1-10(5-13-3-2-11-12-13)8(9(16)17)14-6(15)4-7(14)20(10,18)19;8-5(7(11)12)3-1-2-4-6(9)10/h2-3,7-8H,4-5H2,1H3,(H,16,17);5H,1-4,8H2,(H3,9,10)(H,11,12)/t7?,8?,10-;5-/m00/s1. The summed E-state index contributed by atoms with van der Waals surface area (Å²) in [6.07, 6.45) is 5.35. The fourth-order valence-corrected chi connectivity index (χ4v) is 6.10. The number of rotatable bonds is 9. The minimum Gasteiger partial charge on any atom is -0.548 e. The van der Waals surface area contributed by atoms with E-state index < -0.39 is 49.9 Å². The summed E-state index contributed by atoms with van der Waals surface area (Å²) in [5.74, 6) is -2.77. The van der Waals surface area contributed by atoms with E-state index in [1.165, 1.54) is 24.0 Å². The third kappa shape index (κ3) is 4.88. The van der Waals surface area contributed by atoms with Gasteiger partial charge in [0.1, 0.15) is 16.2 Å². The highest BCUT2D eigenvalue weighted by Gasteiger charge is 2.68. The number of carbonyl (C=O) groups is 3. The zero-order valence-corrected chi connectivity index (χ0v) is 18.4. The van der Waals surface area contributed by atoms with Gasteiger partial charge in [0.15, 0.2) is 9.84 Å². The SMILES string of the molecule is C[C@]1(Cn2ccnn2)C(C(=O)[O-])N2C(=O)CC2S1(=O)=O.NC(=[NH2+])CCCC[C@H]([NH3+])C(=O)[O-]. The maximum atomic E-state index is 12.5. The van der Waals surface area contributed by atoms with Crippen molar-refractivity contribution in [2.24, 2.45) is 5.73 Å². The lowest BCUT2D eigenvalue weighted by atomic mass is 9.96. The molecule has 0 bridgehead atoms. The summed E-state index contributed by atoms with van der Waals surface area (Å²) >= 11 is 0. The van der Waals surface area contributed by atoms with Gasteiger partial charge in [-0.15, -0.1) is 5.10 Å². The van der Waals surface area contributed by atoms with Crippen LogP contribution in [-0.4, -0.2) is 74.2 Å².